The molecule has 2 saturated carbocycles. The van der Waals surface area contributed by atoms with Crippen molar-refractivity contribution in [3.63, 3.8) is 0 Å². The summed E-state index contributed by atoms with van der Waals surface area (Å²) in [6.07, 6.45) is 10.7. The normalized spacial score (nSPS) is 23.7. The van der Waals surface area contributed by atoms with Crippen LogP contribution in [0.1, 0.15) is 78.1 Å². The van der Waals surface area contributed by atoms with Gasteiger partial charge < -0.3 is 40.0 Å². The number of aromatic nitrogens is 2. The smallest absolute Gasteiger partial charge is 0.258 e. The number of anilines is 3. The molecule has 296 valence electrons. The summed E-state index contributed by atoms with van der Waals surface area (Å²) in [5, 5.41) is 9.37. The van der Waals surface area contributed by atoms with E-state index in [1.54, 1.807) is 37.0 Å². The SMILES string of the molecule is CNc1nc(Nc2ccc(OC3CCN(CC4CCC(CSC(C)(C)C(NC(=O)C5(F)CC5)C(=O)N5CCCC5C=O)CC4)CC3)cc2OC)ncc1Cl. The number of likely N-dealkylation sites (tertiary alicyclic amines) is 2. The fourth-order valence-electron chi connectivity index (χ4n) is 7.84. The number of carbonyl (C=O) groups excluding carboxylic acids is 3. The van der Waals surface area contributed by atoms with E-state index in [2.05, 4.69) is 30.8 Å². The molecular weight excluding hydrogens is 733 g/mol. The third-order valence-electron chi connectivity index (χ3n) is 11.5. The third kappa shape index (κ3) is 9.89. The summed E-state index contributed by atoms with van der Waals surface area (Å²) < 4.78 is 26.1. The van der Waals surface area contributed by atoms with E-state index in [1.165, 1.54) is 0 Å². The van der Waals surface area contributed by atoms with Crippen LogP contribution in [0.2, 0.25) is 5.02 Å². The fourth-order valence-corrected chi connectivity index (χ4v) is 9.35. The number of rotatable bonds is 16. The number of aldehydes is 1. The van der Waals surface area contributed by atoms with Gasteiger partial charge in [0.25, 0.3) is 5.91 Å². The summed E-state index contributed by atoms with van der Waals surface area (Å²) in [5.41, 5.74) is -1.15. The first-order valence-corrected chi connectivity index (χ1v) is 20.7. The van der Waals surface area contributed by atoms with Gasteiger partial charge in [0, 0.05) is 44.0 Å². The summed E-state index contributed by atoms with van der Waals surface area (Å²) >= 11 is 7.81. The van der Waals surface area contributed by atoms with Crippen LogP contribution in [0.3, 0.4) is 0 Å². The number of halogens is 2. The van der Waals surface area contributed by atoms with Gasteiger partial charge in [-0.3, -0.25) is 9.59 Å². The molecule has 2 amide bonds. The molecule has 2 aromatic rings. The molecule has 54 heavy (non-hydrogen) atoms. The van der Waals surface area contributed by atoms with Gasteiger partial charge in [-0.05, 0) is 108 Å². The van der Waals surface area contributed by atoms with E-state index in [9.17, 15) is 18.8 Å². The number of amides is 2. The highest BCUT2D eigenvalue weighted by atomic mass is 35.5. The van der Waals surface area contributed by atoms with Gasteiger partial charge in [-0.1, -0.05) is 11.6 Å². The number of ether oxygens (including phenoxy) is 2. The second kappa shape index (κ2) is 17.6. The Morgan fingerprint density at radius 1 is 1.11 bits per heavy atom. The average Bonchev–Trinajstić information content (AvgIpc) is 3.75. The minimum Gasteiger partial charge on any atom is -0.494 e. The highest BCUT2D eigenvalue weighted by Crippen LogP contribution is 2.42. The Kier molecular flexibility index (Phi) is 13.2. The van der Waals surface area contributed by atoms with Crippen LogP contribution in [0.4, 0.5) is 21.8 Å². The maximum Gasteiger partial charge on any atom is 0.258 e. The fraction of sp³-hybridized carbons (Fsp3) is 0.667. The van der Waals surface area contributed by atoms with E-state index < -0.39 is 28.4 Å². The lowest BCUT2D eigenvalue weighted by molar-refractivity contribution is -0.140. The summed E-state index contributed by atoms with van der Waals surface area (Å²) in [6.45, 7) is 7.49. The molecule has 0 radical (unpaired) electrons. The van der Waals surface area contributed by atoms with E-state index in [1.807, 2.05) is 32.0 Å². The van der Waals surface area contributed by atoms with Crippen molar-refractivity contribution in [3.05, 3.63) is 29.4 Å². The van der Waals surface area contributed by atoms with Gasteiger partial charge in [0.15, 0.2) is 5.67 Å². The number of carbonyl (C=O) groups is 3. The highest BCUT2D eigenvalue weighted by Gasteiger charge is 2.53. The van der Waals surface area contributed by atoms with Crippen molar-refractivity contribution in [1.82, 2.24) is 25.1 Å². The average molecular weight is 788 g/mol. The molecule has 2 unspecified atom stereocenters. The van der Waals surface area contributed by atoms with E-state index in [0.29, 0.717) is 47.3 Å². The Hall–Kier alpha value is -3.36. The molecule has 15 heteroatoms. The summed E-state index contributed by atoms with van der Waals surface area (Å²) in [4.78, 5) is 51.0. The minimum atomic E-state index is -1.87. The zero-order chi connectivity index (χ0) is 38.5. The third-order valence-corrected chi connectivity index (χ3v) is 13.4. The van der Waals surface area contributed by atoms with Crippen LogP contribution in [0.5, 0.6) is 11.5 Å². The second-order valence-corrected chi connectivity index (χ2v) is 17.9. The number of piperidine rings is 1. The number of hydrogen-bond acceptors (Lipinski definition) is 11. The Morgan fingerprint density at radius 3 is 2.50 bits per heavy atom. The van der Waals surface area contributed by atoms with Crippen LogP contribution in [0.25, 0.3) is 0 Å². The Morgan fingerprint density at radius 2 is 1.83 bits per heavy atom. The molecule has 2 aliphatic heterocycles. The van der Waals surface area contributed by atoms with E-state index >= 15 is 0 Å². The first-order chi connectivity index (χ1) is 25.9. The van der Waals surface area contributed by atoms with Gasteiger partial charge in [0.05, 0.1) is 25.0 Å². The molecular formula is C39H55ClFN7O5S. The van der Waals surface area contributed by atoms with Crippen LogP contribution < -0.4 is 25.4 Å². The molecule has 6 rings (SSSR count). The van der Waals surface area contributed by atoms with Crippen molar-refractivity contribution < 1.29 is 28.2 Å². The van der Waals surface area contributed by atoms with Crippen molar-refractivity contribution in [3.8, 4) is 11.5 Å². The predicted molar refractivity (Wildman–Crippen MR) is 211 cm³/mol. The van der Waals surface area contributed by atoms with Crippen molar-refractivity contribution in [1.29, 1.82) is 0 Å². The highest BCUT2D eigenvalue weighted by molar-refractivity contribution is 8.00. The molecule has 4 fully saturated rings. The lowest BCUT2D eigenvalue weighted by Crippen LogP contribution is -2.59. The number of benzene rings is 1. The molecule has 2 aliphatic carbocycles. The molecule has 0 bridgehead atoms. The zero-order valence-corrected chi connectivity index (χ0v) is 33.4. The number of nitrogens with one attached hydrogen (secondary N) is 3. The van der Waals surface area contributed by atoms with Crippen LogP contribution in [-0.4, -0.2) is 113 Å². The van der Waals surface area contributed by atoms with Crippen LogP contribution >= 0.6 is 23.4 Å². The molecule has 1 aromatic heterocycles. The van der Waals surface area contributed by atoms with Gasteiger partial charge in [0.2, 0.25) is 11.9 Å². The molecule has 2 saturated heterocycles. The maximum atomic E-state index is 14.7. The van der Waals surface area contributed by atoms with Gasteiger partial charge >= 0.3 is 0 Å². The summed E-state index contributed by atoms with van der Waals surface area (Å²) in [6, 6.07) is 4.34. The number of hydrogen-bond donors (Lipinski definition) is 3. The van der Waals surface area contributed by atoms with Crippen LogP contribution in [-0.2, 0) is 14.4 Å². The molecule has 4 aliphatic rings. The lowest BCUT2D eigenvalue weighted by atomic mass is 9.82. The molecule has 0 spiro atoms. The first-order valence-electron chi connectivity index (χ1n) is 19.4. The van der Waals surface area contributed by atoms with Crippen LogP contribution in [0.15, 0.2) is 24.4 Å². The van der Waals surface area contributed by atoms with Gasteiger partial charge in [-0.15, -0.1) is 0 Å². The topological polar surface area (TPSA) is 138 Å². The van der Waals surface area contributed by atoms with Gasteiger partial charge in [0.1, 0.15) is 40.8 Å². The summed E-state index contributed by atoms with van der Waals surface area (Å²) in [5.74, 6) is 3.38. The quantitative estimate of drug-likeness (QED) is 0.166. The van der Waals surface area contributed by atoms with Gasteiger partial charge in [-0.25, -0.2) is 9.37 Å². The zero-order valence-electron chi connectivity index (χ0n) is 31.9. The van der Waals surface area contributed by atoms with E-state index in [-0.39, 0.29) is 24.9 Å². The van der Waals surface area contributed by atoms with Crippen molar-refractivity contribution >= 4 is 58.9 Å². The van der Waals surface area contributed by atoms with E-state index in [4.69, 9.17) is 21.1 Å². The van der Waals surface area contributed by atoms with E-state index in [0.717, 1.165) is 88.1 Å². The number of thioether (sulfide) groups is 1. The predicted octanol–water partition coefficient (Wildman–Crippen LogP) is 6.26. The molecule has 3 N–H and O–H groups in total. The Balaban J connectivity index is 0.935. The van der Waals surface area contributed by atoms with Crippen molar-refractivity contribution in [2.24, 2.45) is 11.8 Å². The number of methoxy groups -OCH3 is 1. The number of alkyl halides is 1. The molecule has 12 nitrogen and oxygen atoms in total. The largest absolute Gasteiger partial charge is 0.494 e. The molecule has 2 atom stereocenters. The Labute approximate surface area is 327 Å². The molecule has 1 aromatic carbocycles. The summed E-state index contributed by atoms with van der Waals surface area (Å²) in [7, 11) is 3.37. The minimum absolute atomic E-state index is 0.133. The first kappa shape index (κ1) is 40.3. The second-order valence-electron chi connectivity index (χ2n) is 15.8. The number of nitrogens with zero attached hydrogens (tertiary/aromatic N) is 4. The standard InChI is InChI=1S/C39H55ClFN7O5S/c1-38(2,33(45-36(51)39(41)15-16-39)35(50)48-17-5-6-27(48)23-49)54-24-26-9-7-25(8-10-26)22-47-18-13-28(14-19-47)53-29-11-12-31(32(20-29)52-4)44-37-43-21-30(40)34(42-3)46-37/h11-12,20-21,23,25-28,33H,5-10,13-19,22,24H2,1-4H3,(H,45,51)(H2,42,43,44,46). The van der Waals surface area contributed by atoms with Gasteiger partial charge in [-0.2, -0.15) is 16.7 Å². The maximum absolute atomic E-state index is 14.7. The van der Waals surface area contributed by atoms with Crippen LogP contribution in [0, 0.1) is 11.8 Å². The monoisotopic (exact) mass is 787 g/mol. The Bertz CT molecular complexity index is 1630. The van der Waals surface area contributed by atoms with Crippen molar-refractivity contribution in [2.45, 2.75) is 107 Å². The molecule has 3 heterocycles. The van der Waals surface area contributed by atoms with Crippen molar-refractivity contribution in [2.75, 3.05) is 56.7 Å². The lowest BCUT2D eigenvalue weighted by Gasteiger charge is -2.39.